The SMILES string of the molecule is CCNC(CN[C@@H](C)c1ccccc1OC)Cc1c[nH]cn1. The van der Waals surface area contributed by atoms with E-state index in [2.05, 4.69) is 40.5 Å². The summed E-state index contributed by atoms with van der Waals surface area (Å²) in [7, 11) is 1.71. The Morgan fingerprint density at radius 3 is 2.77 bits per heavy atom. The quantitative estimate of drug-likeness (QED) is 0.665. The van der Waals surface area contributed by atoms with Crippen LogP contribution in [0.5, 0.6) is 5.75 Å². The molecular weight excluding hydrogens is 276 g/mol. The lowest BCUT2D eigenvalue weighted by Crippen LogP contribution is -2.41. The minimum atomic E-state index is 0.233. The predicted octanol–water partition coefficient (Wildman–Crippen LogP) is 2.29. The van der Waals surface area contributed by atoms with Gasteiger partial charge in [0, 0.05) is 36.8 Å². The molecule has 1 unspecified atom stereocenters. The van der Waals surface area contributed by atoms with Gasteiger partial charge in [-0.05, 0) is 19.5 Å². The van der Waals surface area contributed by atoms with Gasteiger partial charge in [0.15, 0.2) is 0 Å². The Bertz CT molecular complexity index is 541. The van der Waals surface area contributed by atoms with Crippen LogP contribution in [-0.4, -0.2) is 36.2 Å². The molecule has 0 amide bonds. The fraction of sp³-hybridized carbons (Fsp3) is 0.471. The largest absolute Gasteiger partial charge is 0.496 e. The lowest BCUT2D eigenvalue weighted by molar-refractivity contribution is 0.395. The number of imidazole rings is 1. The third-order valence-corrected chi connectivity index (χ3v) is 3.78. The number of ether oxygens (including phenoxy) is 1. The van der Waals surface area contributed by atoms with Crippen LogP contribution >= 0.6 is 0 Å². The van der Waals surface area contributed by atoms with Crippen LogP contribution < -0.4 is 15.4 Å². The van der Waals surface area contributed by atoms with Crippen LogP contribution in [0.15, 0.2) is 36.8 Å². The van der Waals surface area contributed by atoms with Crippen molar-refractivity contribution in [1.82, 2.24) is 20.6 Å². The molecule has 2 rings (SSSR count). The minimum Gasteiger partial charge on any atom is -0.496 e. The van der Waals surface area contributed by atoms with Crippen LogP contribution in [0, 0.1) is 0 Å². The second-order valence-electron chi connectivity index (χ2n) is 5.39. The van der Waals surface area contributed by atoms with Crippen molar-refractivity contribution in [3.8, 4) is 5.75 Å². The minimum absolute atomic E-state index is 0.233. The Labute approximate surface area is 132 Å². The van der Waals surface area contributed by atoms with E-state index in [9.17, 15) is 0 Å². The molecule has 0 spiro atoms. The van der Waals surface area contributed by atoms with E-state index in [4.69, 9.17) is 4.74 Å². The highest BCUT2D eigenvalue weighted by molar-refractivity contribution is 5.35. The zero-order valence-electron chi connectivity index (χ0n) is 13.6. The van der Waals surface area contributed by atoms with Crippen LogP contribution in [0.25, 0.3) is 0 Å². The summed E-state index contributed by atoms with van der Waals surface area (Å²) >= 11 is 0. The third kappa shape index (κ3) is 4.58. The van der Waals surface area contributed by atoms with E-state index >= 15 is 0 Å². The Balaban J connectivity index is 1.93. The van der Waals surface area contributed by atoms with Crippen molar-refractivity contribution < 1.29 is 4.74 Å². The molecule has 0 fully saturated rings. The van der Waals surface area contributed by atoms with Crippen LogP contribution in [0.2, 0.25) is 0 Å². The molecule has 0 aliphatic carbocycles. The monoisotopic (exact) mass is 302 g/mol. The molecule has 0 saturated heterocycles. The van der Waals surface area contributed by atoms with Crippen LogP contribution in [0.4, 0.5) is 0 Å². The number of methoxy groups -OCH3 is 1. The molecule has 120 valence electrons. The van der Waals surface area contributed by atoms with Gasteiger partial charge in [0.25, 0.3) is 0 Å². The highest BCUT2D eigenvalue weighted by Crippen LogP contribution is 2.24. The van der Waals surface area contributed by atoms with Crippen LogP contribution in [-0.2, 0) is 6.42 Å². The molecule has 5 heteroatoms. The van der Waals surface area contributed by atoms with E-state index in [0.717, 1.165) is 31.0 Å². The van der Waals surface area contributed by atoms with E-state index in [0.29, 0.717) is 6.04 Å². The van der Waals surface area contributed by atoms with Crippen molar-refractivity contribution in [2.75, 3.05) is 20.2 Å². The Hall–Kier alpha value is -1.85. The van der Waals surface area contributed by atoms with Gasteiger partial charge < -0.3 is 20.4 Å². The van der Waals surface area contributed by atoms with Crippen molar-refractivity contribution in [1.29, 1.82) is 0 Å². The molecule has 0 saturated carbocycles. The molecule has 0 aliphatic heterocycles. The number of H-pyrrole nitrogens is 1. The number of rotatable bonds is 9. The molecule has 5 nitrogen and oxygen atoms in total. The van der Waals surface area contributed by atoms with Gasteiger partial charge in [-0.3, -0.25) is 0 Å². The average Bonchev–Trinajstić information content (AvgIpc) is 3.05. The second kappa shape index (κ2) is 8.56. The summed E-state index contributed by atoms with van der Waals surface area (Å²) in [6.07, 6.45) is 4.58. The fourth-order valence-corrected chi connectivity index (χ4v) is 2.61. The maximum atomic E-state index is 5.44. The number of hydrogen-bond donors (Lipinski definition) is 3. The number of benzene rings is 1. The maximum absolute atomic E-state index is 5.44. The number of para-hydroxylation sites is 1. The molecule has 0 bridgehead atoms. The van der Waals surface area contributed by atoms with E-state index in [1.807, 2.05) is 24.4 Å². The Morgan fingerprint density at radius 2 is 2.09 bits per heavy atom. The maximum Gasteiger partial charge on any atom is 0.123 e. The molecule has 2 aromatic rings. The first-order chi connectivity index (χ1) is 10.7. The van der Waals surface area contributed by atoms with Crippen molar-refractivity contribution in [2.45, 2.75) is 32.4 Å². The first-order valence-electron chi connectivity index (χ1n) is 7.82. The number of likely N-dealkylation sites (N-methyl/N-ethyl adjacent to an activating group) is 1. The molecule has 1 aromatic heterocycles. The van der Waals surface area contributed by atoms with Gasteiger partial charge in [-0.1, -0.05) is 25.1 Å². The van der Waals surface area contributed by atoms with Gasteiger partial charge in [0.2, 0.25) is 0 Å². The third-order valence-electron chi connectivity index (χ3n) is 3.78. The van der Waals surface area contributed by atoms with Crippen LogP contribution in [0.3, 0.4) is 0 Å². The fourth-order valence-electron chi connectivity index (χ4n) is 2.61. The molecule has 1 aromatic carbocycles. The first-order valence-corrected chi connectivity index (χ1v) is 7.82. The van der Waals surface area contributed by atoms with E-state index in [1.165, 1.54) is 5.56 Å². The molecule has 2 atom stereocenters. The zero-order chi connectivity index (χ0) is 15.8. The highest BCUT2D eigenvalue weighted by Gasteiger charge is 2.14. The number of nitrogens with zero attached hydrogens (tertiary/aromatic N) is 1. The molecule has 0 aliphatic rings. The standard InChI is InChI=1S/C17H26N4O/c1-4-19-15(9-14-10-18-12-21-14)11-20-13(2)16-7-5-6-8-17(16)22-3/h5-8,10,12-13,15,19-20H,4,9,11H2,1-3H3,(H,18,21)/t13-,15?/m0/s1. The zero-order valence-corrected chi connectivity index (χ0v) is 13.6. The summed E-state index contributed by atoms with van der Waals surface area (Å²) in [6.45, 7) is 6.11. The van der Waals surface area contributed by atoms with E-state index in [1.54, 1.807) is 13.4 Å². The summed E-state index contributed by atoms with van der Waals surface area (Å²) in [5, 5.41) is 7.10. The smallest absolute Gasteiger partial charge is 0.123 e. The predicted molar refractivity (Wildman–Crippen MR) is 89.2 cm³/mol. The van der Waals surface area contributed by atoms with Gasteiger partial charge in [-0.2, -0.15) is 0 Å². The number of hydrogen-bond acceptors (Lipinski definition) is 4. The van der Waals surface area contributed by atoms with E-state index in [-0.39, 0.29) is 6.04 Å². The van der Waals surface area contributed by atoms with Crippen molar-refractivity contribution in [3.05, 3.63) is 48.0 Å². The van der Waals surface area contributed by atoms with E-state index < -0.39 is 0 Å². The summed E-state index contributed by atoms with van der Waals surface area (Å²) < 4.78 is 5.44. The number of aromatic amines is 1. The summed E-state index contributed by atoms with van der Waals surface area (Å²) in [5.41, 5.74) is 2.26. The van der Waals surface area contributed by atoms with Crippen molar-refractivity contribution in [2.24, 2.45) is 0 Å². The van der Waals surface area contributed by atoms with Gasteiger partial charge in [-0.25, -0.2) is 4.98 Å². The van der Waals surface area contributed by atoms with Gasteiger partial charge in [0.1, 0.15) is 5.75 Å². The molecule has 1 heterocycles. The van der Waals surface area contributed by atoms with Gasteiger partial charge >= 0.3 is 0 Å². The second-order valence-corrected chi connectivity index (χ2v) is 5.39. The average molecular weight is 302 g/mol. The lowest BCUT2D eigenvalue weighted by Gasteiger charge is -2.22. The highest BCUT2D eigenvalue weighted by atomic mass is 16.5. The Kier molecular flexibility index (Phi) is 6.43. The van der Waals surface area contributed by atoms with Gasteiger partial charge in [0.05, 0.1) is 19.1 Å². The van der Waals surface area contributed by atoms with Crippen LogP contribution in [0.1, 0.15) is 31.1 Å². The molecule has 0 radical (unpaired) electrons. The normalized spacial score (nSPS) is 13.8. The first kappa shape index (κ1) is 16.5. The number of nitrogens with one attached hydrogen (secondary N) is 3. The van der Waals surface area contributed by atoms with Gasteiger partial charge in [-0.15, -0.1) is 0 Å². The summed E-state index contributed by atoms with van der Waals surface area (Å²) in [4.78, 5) is 7.31. The molecule has 22 heavy (non-hydrogen) atoms. The van der Waals surface area contributed by atoms with Crippen molar-refractivity contribution in [3.63, 3.8) is 0 Å². The lowest BCUT2D eigenvalue weighted by atomic mass is 10.1. The molecule has 3 N–H and O–H groups in total. The Morgan fingerprint density at radius 1 is 1.27 bits per heavy atom. The van der Waals surface area contributed by atoms with Crippen molar-refractivity contribution >= 4 is 0 Å². The number of aromatic nitrogens is 2. The molecular formula is C17H26N4O. The summed E-state index contributed by atoms with van der Waals surface area (Å²) in [6, 6.07) is 8.73. The summed E-state index contributed by atoms with van der Waals surface area (Å²) in [5.74, 6) is 0.926. The topological polar surface area (TPSA) is 62.0 Å².